The summed E-state index contributed by atoms with van der Waals surface area (Å²) in [5, 5.41) is 2.93. The molecule has 7 nitrogen and oxygen atoms in total. The lowest BCUT2D eigenvalue weighted by atomic mass is 10.0. The first kappa shape index (κ1) is 22.0. The zero-order chi connectivity index (χ0) is 21.1. The van der Waals surface area contributed by atoms with Crippen molar-refractivity contribution in [3.8, 4) is 5.75 Å². The Hall–Kier alpha value is -2.32. The number of carbonyl (C=O) groups excluding carboxylic acids is 1. The number of ether oxygens (including phenoxy) is 1. The van der Waals surface area contributed by atoms with E-state index in [1.165, 1.54) is 21.1 Å². The third kappa shape index (κ3) is 4.39. The van der Waals surface area contributed by atoms with E-state index in [-0.39, 0.29) is 22.5 Å². The highest BCUT2D eigenvalue weighted by Crippen LogP contribution is 2.26. The minimum atomic E-state index is -3.62. The van der Waals surface area contributed by atoms with Gasteiger partial charge in [0.15, 0.2) is 0 Å². The van der Waals surface area contributed by atoms with Gasteiger partial charge in [0, 0.05) is 31.9 Å². The van der Waals surface area contributed by atoms with Crippen LogP contribution in [0.4, 0.5) is 0 Å². The topological polar surface area (TPSA) is 80.6 Å². The van der Waals surface area contributed by atoms with Crippen molar-refractivity contribution in [2.45, 2.75) is 38.6 Å². The number of amides is 1. The first-order valence-electron chi connectivity index (χ1n) is 9.27. The van der Waals surface area contributed by atoms with Crippen LogP contribution in [0.2, 0.25) is 0 Å². The van der Waals surface area contributed by atoms with Gasteiger partial charge in [0.25, 0.3) is 5.91 Å². The van der Waals surface area contributed by atoms with Gasteiger partial charge in [0.2, 0.25) is 10.0 Å². The fourth-order valence-corrected chi connectivity index (χ4v) is 4.68. The first-order chi connectivity index (χ1) is 13.1. The van der Waals surface area contributed by atoms with Gasteiger partial charge in [-0.2, -0.15) is 4.31 Å². The maximum atomic E-state index is 12.8. The molecule has 0 aliphatic carbocycles. The van der Waals surface area contributed by atoms with E-state index in [0.717, 1.165) is 11.1 Å². The lowest BCUT2D eigenvalue weighted by Crippen LogP contribution is -2.30. The molecule has 1 unspecified atom stereocenters. The third-order valence-electron chi connectivity index (χ3n) is 4.75. The fraction of sp³-hybridized carbons (Fsp3) is 0.450. The molecule has 8 heteroatoms. The fourth-order valence-electron chi connectivity index (χ4n) is 3.15. The molecule has 0 bridgehead atoms. The lowest BCUT2D eigenvalue weighted by molar-refractivity contribution is 0.0931. The average molecular weight is 408 g/mol. The standard InChI is InChI=1S/C20H29N3O4S/c1-7-23(8-2)28(25,26)16-12-18(22(5)13-16)20(24)21-15(4)17-11-14(3)9-10-19(17)27-6/h9-13,15H,7-8H2,1-6H3,(H,21,24). The van der Waals surface area contributed by atoms with Crippen LogP contribution in [-0.4, -0.2) is 43.4 Å². The van der Waals surface area contributed by atoms with E-state index >= 15 is 0 Å². The number of rotatable bonds is 8. The number of nitrogens with one attached hydrogen (secondary N) is 1. The zero-order valence-electron chi connectivity index (χ0n) is 17.3. The van der Waals surface area contributed by atoms with Crippen LogP contribution in [0.3, 0.4) is 0 Å². The van der Waals surface area contributed by atoms with Crippen LogP contribution in [0.5, 0.6) is 5.75 Å². The summed E-state index contributed by atoms with van der Waals surface area (Å²) in [6.07, 6.45) is 1.47. The summed E-state index contributed by atoms with van der Waals surface area (Å²) in [5.41, 5.74) is 2.20. The van der Waals surface area contributed by atoms with Crippen LogP contribution in [0.1, 0.15) is 48.4 Å². The minimum absolute atomic E-state index is 0.115. The van der Waals surface area contributed by atoms with Gasteiger partial charge in [-0.1, -0.05) is 31.5 Å². The van der Waals surface area contributed by atoms with E-state index in [9.17, 15) is 13.2 Å². The molecule has 1 N–H and O–H groups in total. The molecule has 0 spiro atoms. The van der Waals surface area contributed by atoms with Gasteiger partial charge in [0.1, 0.15) is 16.3 Å². The summed E-state index contributed by atoms with van der Waals surface area (Å²) in [7, 11) is -0.372. The maximum absolute atomic E-state index is 12.8. The van der Waals surface area contributed by atoms with E-state index in [2.05, 4.69) is 5.32 Å². The SMILES string of the molecule is CCN(CC)S(=O)(=O)c1cc(C(=O)NC(C)c2cc(C)ccc2OC)n(C)c1. The second-order valence-corrected chi connectivity index (χ2v) is 8.64. The number of hydrogen-bond donors (Lipinski definition) is 1. The molecule has 0 saturated carbocycles. The summed E-state index contributed by atoms with van der Waals surface area (Å²) >= 11 is 0. The summed E-state index contributed by atoms with van der Waals surface area (Å²) < 4.78 is 33.7. The van der Waals surface area contributed by atoms with Crippen molar-refractivity contribution >= 4 is 15.9 Å². The van der Waals surface area contributed by atoms with Crippen LogP contribution < -0.4 is 10.1 Å². The average Bonchev–Trinajstić information content (AvgIpc) is 3.05. The Morgan fingerprint density at radius 1 is 1.25 bits per heavy atom. The molecule has 2 rings (SSSR count). The van der Waals surface area contributed by atoms with Gasteiger partial charge in [0.05, 0.1) is 13.2 Å². The van der Waals surface area contributed by atoms with Crippen molar-refractivity contribution in [1.82, 2.24) is 14.2 Å². The van der Waals surface area contributed by atoms with Crippen molar-refractivity contribution in [1.29, 1.82) is 0 Å². The molecule has 2 aromatic rings. The van der Waals surface area contributed by atoms with E-state index in [1.807, 2.05) is 32.0 Å². The summed E-state index contributed by atoms with van der Waals surface area (Å²) in [4.78, 5) is 12.9. The molecule has 1 heterocycles. The first-order valence-corrected chi connectivity index (χ1v) is 10.7. The van der Waals surface area contributed by atoms with Crippen LogP contribution in [-0.2, 0) is 17.1 Å². The van der Waals surface area contributed by atoms with E-state index in [4.69, 9.17) is 4.74 Å². The molecule has 0 aliphatic rings. The number of hydrogen-bond acceptors (Lipinski definition) is 4. The highest BCUT2D eigenvalue weighted by atomic mass is 32.2. The second kappa shape index (κ2) is 8.79. The highest BCUT2D eigenvalue weighted by molar-refractivity contribution is 7.89. The van der Waals surface area contributed by atoms with Gasteiger partial charge < -0.3 is 14.6 Å². The number of methoxy groups -OCH3 is 1. The largest absolute Gasteiger partial charge is 0.496 e. The van der Waals surface area contributed by atoms with Crippen molar-refractivity contribution < 1.29 is 17.9 Å². The predicted octanol–water partition coefficient (Wildman–Crippen LogP) is 2.86. The Bertz CT molecular complexity index is 946. The molecule has 1 aromatic heterocycles. The Kier molecular flexibility index (Phi) is 6.90. The Balaban J connectivity index is 2.29. The number of aromatic nitrogens is 1. The molecule has 1 atom stereocenters. The highest BCUT2D eigenvalue weighted by Gasteiger charge is 2.26. The third-order valence-corrected chi connectivity index (χ3v) is 6.77. The maximum Gasteiger partial charge on any atom is 0.268 e. The Morgan fingerprint density at radius 3 is 2.46 bits per heavy atom. The smallest absolute Gasteiger partial charge is 0.268 e. The van der Waals surface area contributed by atoms with Crippen LogP contribution >= 0.6 is 0 Å². The number of nitrogens with zero attached hydrogens (tertiary/aromatic N) is 2. The van der Waals surface area contributed by atoms with Crippen LogP contribution in [0, 0.1) is 6.92 Å². The summed E-state index contributed by atoms with van der Waals surface area (Å²) in [6.45, 7) is 8.16. The summed E-state index contributed by atoms with van der Waals surface area (Å²) in [5.74, 6) is 0.342. The molecule has 154 valence electrons. The van der Waals surface area contributed by atoms with Crippen molar-refractivity contribution in [2.75, 3.05) is 20.2 Å². The molecule has 1 aromatic carbocycles. The monoisotopic (exact) mass is 407 g/mol. The molecule has 0 radical (unpaired) electrons. The van der Waals surface area contributed by atoms with Crippen LogP contribution in [0.25, 0.3) is 0 Å². The van der Waals surface area contributed by atoms with Crippen molar-refractivity contribution in [3.05, 3.63) is 47.3 Å². The minimum Gasteiger partial charge on any atom is -0.496 e. The molecule has 0 saturated heterocycles. The number of carbonyl (C=O) groups is 1. The Labute approximate surface area is 167 Å². The van der Waals surface area contributed by atoms with E-state index in [1.54, 1.807) is 28.0 Å². The number of sulfonamides is 1. The molecule has 28 heavy (non-hydrogen) atoms. The van der Waals surface area contributed by atoms with Gasteiger partial charge in [-0.25, -0.2) is 8.42 Å². The second-order valence-electron chi connectivity index (χ2n) is 6.70. The van der Waals surface area contributed by atoms with Crippen LogP contribution in [0.15, 0.2) is 35.4 Å². The normalized spacial score (nSPS) is 12.8. The van der Waals surface area contributed by atoms with Gasteiger partial charge >= 0.3 is 0 Å². The lowest BCUT2D eigenvalue weighted by Gasteiger charge is -2.18. The van der Waals surface area contributed by atoms with Gasteiger partial charge in [-0.15, -0.1) is 0 Å². The van der Waals surface area contributed by atoms with Gasteiger partial charge in [-0.05, 0) is 26.0 Å². The summed E-state index contributed by atoms with van der Waals surface area (Å²) in [6, 6.07) is 6.89. The van der Waals surface area contributed by atoms with Gasteiger partial charge in [-0.3, -0.25) is 4.79 Å². The molecule has 1 amide bonds. The van der Waals surface area contributed by atoms with E-state index in [0.29, 0.717) is 18.8 Å². The zero-order valence-corrected chi connectivity index (χ0v) is 18.1. The quantitative estimate of drug-likeness (QED) is 0.730. The van der Waals surface area contributed by atoms with Crippen molar-refractivity contribution in [3.63, 3.8) is 0 Å². The molecular formula is C20H29N3O4S. The molecule has 0 aliphatic heterocycles. The Morgan fingerprint density at radius 2 is 1.89 bits per heavy atom. The number of aryl methyl sites for hydroxylation is 2. The van der Waals surface area contributed by atoms with Crippen molar-refractivity contribution in [2.24, 2.45) is 7.05 Å². The molecule has 0 fully saturated rings. The molecular weight excluding hydrogens is 378 g/mol. The predicted molar refractivity (Wildman–Crippen MR) is 109 cm³/mol. The number of benzene rings is 1. The van der Waals surface area contributed by atoms with E-state index < -0.39 is 10.0 Å².